The maximum absolute atomic E-state index is 13.4. The summed E-state index contributed by atoms with van der Waals surface area (Å²) < 4.78 is 20.0. The highest BCUT2D eigenvalue weighted by molar-refractivity contribution is 8.00. The standard InChI is InChI=1S/C24H19FN2O3S/c1-15(22(28)16-10-12-17(25)13-11-16)31-24-26-21-9-4-3-8-20(21)23(29)27(24)18-6-5-7-19(14-18)30-2/h3-15H,1-2H3. The second kappa shape index (κ2) is 8.73. The fourth-order valence-electron chi connectivity index (χ4n) is 3.23. The molecule has 3 aromatic carbocycles. The van der Waals surface area contributed by atoms with Gasteiger partial charge in [0, 0.05) is 11.6 Å². The Morgan fingerprint density at radius 1 is 1.06 bits per heavy atom. The molecule has 0 radical (unpaired) electrons. The van der Waals surface area contributed by atoms with Crippen LogP contribution in [-0.2, 0) is 0 Å². The van der Waals surface area contributed by atoms with E-state index in [0.717, 1.165) is 0 Å². The van der Waals surface area contributed by atoms with Gasteiger partial charge in [-0.2, -0.15) is 0 Å². The lowest BCUT2D eigenvalue weighted by Crippen LogP contribution is -2.23. The van der Waals surface area contributed by atoms with E-state index in [9.17, 15) is 14.0 Å². The summed E-state index contributed by atoms with van der Waals surface area (Å²) in [5, 5.41) is 0.322. The van der Waals surface area contributed by atoms with Crippen molar-refractivity contribution in [3.8, 4) is 11.4 Å². The van der Waals surface area contributed by atoms with E-state index in [1.54, 1.807) is 56.5 Å². The average Bonchev–Trinajstić information content (AvgIpc) is 2.79. The van der Waals surface area contributed by atoms with E-state index < -0.39 is 11.1 Å². The van der Waals surface area contributed by atoms with Crippen LogP contribution in [0.4, 0.5) is 4.39 Å². The van der Waals surface area contributed by atoms with Crippen molar-refractivity contribution < 1.29 is 13.9 Å². The number of ketones is 1. The number of para-hydroxylation sites is 1. The first-order valence-corrected chi connectivity index (χ1v) is 10.5. The highest BCUT2D eigenvalue weighted by atomic mass is 32.2. The van der Waals surface area contributed by atoms with Crippen molar-refractivity contribution in [1.29, 1.82) is 0 Å². The molecule has 0 amide bonds. The number of Topliss-reactive ketones (excluding diaryl/α,β-unsaturated/α-hetero) is 1. The zero-order valence-electron chi connectivity index (χ0n) is 16.9. The number of carbonyl (C=O) groups is 1. The Morgan fingerprint density at radius 3 is 2.55 bits per heavy atom. The highest BCUT2D eigenvalue weighted by Gasteiger charge is 2.21. The van der Waals surface area contributed by atoms with Crippen LogP contribution < -0.4 is 10.3 Å². The van der Waals surface area contributed by atoms with Gasteiger partial charge in [0.1, 0.15) is 11.6 Å². The van der Waals surface area contributed by atoms with E-state index in [1.807, 2.05) is 6.07 Å². The van der Waals surface area contributed by atoms with E-state index in [1.165, 1.54) is 40.6 Å². The molecule has 1 atom stereocenters. The quantitative estimate of drug-likeness (QED) is 0.245. The Kier molecular flexibility index (Phi) is 5.86. The number of fused-ring (bicyclic) bond motifs is 1. The summed E-state index contributed by atoms with van der Waals surface area (Å²) in [7, 11) is 1.56. The minimum Gasteiger partial charge on any atom is -0.497 e. The molecule has 0 spiro atoms. The van der Waals surface area contributed by atoms with Gasteiger partial charge in [-0.1, -0.05) is 30.0 Å². The summed E-state index contributed by atoms with van der Waals surface area (Å²) in [4.78, 5) is 30.9. The lowest BCUT2D eigenvalue weighted by molar-refractivity contribution is 0.0994. The van der Waals surface area contributed by atoms with Gasteiger partial charge in [-0.25, -0.2) is 9.37 Å². The van der Waals surface area contributed by atoms with Crippen molar-refractivity contribution in [2.75, 3.05) is 7.11 Å². The van der Waals surface area contributed by atoms with Crippen molar-refractivity contribution in [1.82, 2.24) is 9.55 Å². The lowest BCUT2D eigenvalue weighted by atomic mass is 10.1. The molecule has 156 valence electrons. The molecule has 4 rings (SSSR count). The van der Waals surface area contributed by atoms with Crippen molar-refractivity contribution >= 4 is 28.4 Å². The maximum atomic E-state index is 13.4. The molecule has 7 heteroatoms. The second-order valence-electron chi connectivity index (χ2n) is 6.88. The Bertz CT molecular complexity index is 1320. The fraction of sp³-hybridized carbons (Fsp3) is 0.125. The fourth-order valence-corrected chi connectivity index (χ4v) is 4.23. The smallest absolute Gasteiger partial charge is 0.266 e. The van der Waals surface area contributed by atoms with Crippen molar-refractivity contribution in [3.63, 3.8) is 0 Å². The summed E-state index contributed by atoms with van der Waals surface area (Å²) in [6.07, 6.45) is 0. The number of carbonyl (C=O) groups excluding carboxylic acids is 1. The van der Waals surface area contributed by atoms with Crippen molar-refractivity contribution in [2.24, 2.45) is 0 Å². The summed E-state index contributed by atoms with van der Waals surface area (Å²) in [5.41, 5.74) is 1.31. The number of benzene rings is 3. The second-order valence-corrected chi connectivity index (χ2v) is 8.19. The molecule has 0 aliphatic rings. The van der Waals surface area contributed by atoms with Crippen LogP contribution in [-0.4, -0.2) is 27.7 Å². The predicted octanol–water partition coefficient (Wildman–Crippen LogP) is 4.90. The molecule has 0 saturated carbocycles. The molecule has 5 nitrogen and oxygen atoms in total. The first-order valence-electron chi connectivity index (χ1n) is 9.60. The molecule has 0 aliphatic carbocycles. The minimum absolute atomic E-state index is 0.176. The normalized spacial score (nSPS) is 12.0. The molecule has 0 N–H and O–H groups in total. The molecule has 0 aliphatic heterocycles. The molecule has 0 bridgehead atoms. The van der Waals surface area contributed by atoms with Gasteiger partial charge in [0.05, 0.1) is 29.0 Å². The number of aromatic nitrogens is 2. The third-order valence-corrected chi connectivity index (χ3v) is 5.89. The number of rotatable bonds is 6. The van der Waals surface area contributed by atoms with Gasteiger partial charge < -0.3 is 4.74 Å². The lowest BCUT2D eigenvalue weighted by Gasteiger charge is -2.16. The van der Waals surface area contributed by atoms with Crippen LogP contribution in [0.5, 0.6) is 5.75 Å². The van der Waals surface area contributed by atoms with E-state index in [0.29, 0.717) is 33.1 Å². The number of ether oxygens (including phenoxy) is 1. The van der Waals surface area contributed by atoms with Gasteiger partial charge in [-0.15, -0.1) is 0 Å². The van der Waals surface area contributed by atoms with E-state index in [2.05, 4.69) is 4.98 Å². The summed E-state index contributed by atoms with van der Waals surface area (Å²) >= 11 is 1.18. The van der Waals surface area contributed by atoms with Gasteiger partial charge in [-0.3, -0.25) is 14.2 Å². The van der Waals surface area contributed by atoms with Crippen LogP contribution >= 0.6 is 11.8 Å². The van der Waals surface area contributed by atoms with Crippen LogP contribution in [0.25, 0.3) is 16.6 Å². The molecule has 0 fully saturated rings. The molecular formula is C24H19FN2O3S. The third kappa shape index (κ3) is 4.22. The van der Waals surface area contributed by atoms with Crippen molar-refractivity contribution in [2.45, 2.75) is 17.3 Å². The van der Waals surface area contributed by atoms with Gasteiger partial charge in [-0.05, 0) is 55.5 Å². The van der Waals surface area contributed by atoms with E-state index in [4.69, 9.17) is 4.74 Å². The number of methoxy groups -OCH3 is 1. The summed E-state index contributed by atoms with van der Waals surface area (Å²) in [6, 6.07) is 19.6. The molecule has 1 heterocycles. The molecule has 1 unspecified atom stereocenters. The van der Waals surface area contributed by atoms with Gasteiger partial charge in [0.15, 0.2) is 10.9 Å². The Balaban J connectivity index is 1.81. The number of nitrogens with zero attached hydrogens (tertiary/aromatic N) is 2. The number of thioether (sulfide) groups is 1. The van der Waals surface area contributed by atoms with Crippen LogP contribution in [0, 0.1) is 5.82 Å². The molecular weight excluding hydrogens is 415 g/mol. The monoisotopic (exact) mass is 434 g/mol. The summed E-state index contributed by atoms with van der Waals surface area (Å²) in [5.74, 6) is 0.0217. The zero-order valence-corrected chi connectivity index (χ0v) is 17.7. The molecule has 0 saturated heterocycles. The third-order valence-electron chi connectivity index (χ3n) is 4.84. The summed E-state index contributed by atoms with van der Waals surface area (Å²) in [6.45, 7) is 1.74. The van der Waals surface area contributed by atoms with Crippen LogP contribution in [0.3, 0.4) is 0 Å². The predicted molar refractivity (Wildman–Crippen MR) is 120 cm³/mol. The first kappa shape index (κ1) is 20.8. The van der Waals surface area contributed by atoms with Crippen LogP contribution in [0.2, 0.25) is 0 Å². The van der Waals surface area contributed by atoms with Crippen molar-refractivity contribution in [3.05, 3.63) is 94.5 Å². The minimum atomic E-state index is -0.546. The van der Waals surface area contributed by atoms with Gasteiger partial charge in [0.25, 0.3) is 5.56 Å². The molecule has 1 aromatic heterocycles. The first-order chi connectivity index (χ1) is 15.0. The van der Waals surface area contributed by atoms with Gasteiger partial charge in [0.2, 0.25) is 0 Å². The largest absolute Gasteiger partial charge is 0.497 e. The molecule has 31 heavy (non-hydrogen) atoms. The Hall–Kier alpha value is -3.45. The van der Waals surface area contributed by atoms with E-state index in [-0.39, 0.29) is 11.3 Å². The molecule has 4 aromatic rings. The Morgan fingerprint density at radius 2 is 1.81 bits per heavy atom. The van der Waals surface area contributed by atoms with Gasteiger partial charge >= 0.3 is 0 Å². The van der Waals surface area contributed by atoms with Crippen LogP contribution in [0.15, 0.2) is 82.7 Å². The average molecular weight is 434 g/mol. The number of hydrogen-bond donors (Lipinski definition) is 0. The Labute approximate surface area is 182 Å². The maximum Gasteiger partial charge on any atom is 0.266 e. The zero-order chi connectivity index (χ0) is 22.0. The SMILES string of the molecule is COc1cccc(-n2c(SC(C)C(=O)c3ccc(F)cc3)nc3ccccc3c2=O)c1. The topological polar surface area (TPSA) is 61.2 Å². The highest BCUT2D eigenvalue weighted by Crippen LogP contribution is 2.28. The number of halogens is 1. The van der Waals surface area contributed by atoms with E-state index >= 15 is 0 Å². The van der Waals surface area contributed by atoms with Crippen LogP contribution in [0.1, 0.15) is 17.3 Å². The number of hydrogen-bond acceptors (Lipinski definition) is 5.